The number of aliphatic hydroxyl groups excluding tert-OH is 1. The monoisotopic (exact) mass is 497 g/mol. The number of rotatable bonds is 6. The van der Waals surface area contributed by atoms with Gasteiger partial charge in [-0.15, -0.1) is 11.3 Å². The van der Waals surface area contributed by atoms with Crippen LogP contribution in [-0.4, -0.2) is 27.2 Å². The second kappa shape index (κ2) is 11.8. The first-order valence-corrected chi connectivity index (χ1v) is 12.6. The van der Waals surface area contributed by atoms with Crippen molar-refractivity contribution in [3.63, 3.8) is 0 Å². The number of nitrogens with two attached hydrogens (primary N) is 2. The Morgan fingerprint density at radius 2 is 1.76 bits per heavy atom. The number of hydrogen-bond donors (Lipinski definition) is 4. The van der Waals surface area contributed by atoms with E-state index in [1.165, 1.54) is 4.70 Å². The van der Waals surface area contributed by atoms with Crippen LogP contribution >= 0.6 is 23.1 Å². The first kappa shape index (κ1) is 24.6. The summed E-state index contributed by atoms with van der Waals surface area (Å²) >= 11 is 3.44. The molecule has 0 radical (unpaired) electrons. The minimum absolute atomic E-state index is 0.00490. The normalized spacial score (nSPS) is 20.0. The predicted molar refractivity (Wildman–Crippen MR) is 136 cm³/mol. The van der Waals surface area contributed by atoms with E-state index in [-0.39, 0.29) is 18.8 Å². The van der Waals surface area contributed by atoms with Gasteiger partial charge >= 0.3 is 0 Å². The summed E-state index contributed by atoms with van der Waals surface area (Å²) in [5.41, 5.74) is 10.6. The van der Waals surface area contributed by atoms with Gasteiger partial charge in [-0.25, -0.2) is 10.9 Å². The molecular weight excluding hydrogens is 470 g/mol. The summed E-state index contributed by atoms with van der Waals surface area (Å²) in [4.78, 5) is 4.74. The third kappa shape index (κ3) is 5.94. The first-order chi connectivity index (χ1) is 16.7. The molecule has 0 bridgehead atoms. The van der Waals surface area contributed by atoms with Gasteiger partial charge in [0.1, 0.15) is 0 Å². The first-order valence-electron chi connectivity index (χ1n) is 10.8. The van der Waals surface area contributed by atoms with Crippen molar-refractivity contribution in [2.75, 3.05) is 11.5 Å². The highest BCUT2D eigenvalue weighted by Gasteiger charge is 2.32. The molecule has 1 aromatic heterocycles. The molecule has 5 rings (SSSR count). The van der Waals surface area contributed by atoms with Crippen LogP contribution in [0.25, 0.3) is 10.2 Å². The largest absolute Gasteiger partial charge is 0.399 e. The molecule has 4 aromatic rings. The molecule has 0 aliphatic carbocycles. The highest BCUT2D eigenvalue weighted by Crippen LogP contribution is 2.40. The zero-order valence-corrected chi connectivity index (χ0v) is 20.0. The van der Waals surface area contributed by atoms with E-state index in [1.807, 2.05) is 66.7 Å². The molecule has 178 valence electrons. The van der Waals surface area contributed by atoms with Gasteiger partial charge in [0.05, 0.1) is 29.0 Å². The molecule has 0 spiro atoms. The minimum atomic E-state index is -0.490. The maximum atomic E-state index is 9.36. The number of anilines is 1. The summed E-state index contributed by atoms with van der Waals surface area (Å²) in [6.07, 6.45) is 0.143. The molecule has 3 aromatic carbocycles. The van der Waals surface area contributed by atoms with E-state index in [0.29, 0.717) is 5.69 Å². The van der Waals surface area contributed by atoms with Crippen molar-refractivity contribution in [3.8, 4) is 0 Å². The van der Waals surface area contributed by atoms with Crippen LogP contribution < -0.4 is 11.6 Å². The molecule has 1 fully saturated rings. The highest BCUT2D eigenvalue weighted by atomic mass is 32.2. The Hall–Kier alpha value is -2.50. The van der Waals surface area contributed by atoms with Crippen LogP contribution in [0.15, 0.2) is 77.1 Å². The number of nitrogen functional groups attached to an aromatic ring is 1. The number of ether oxygens (including phenoxy) is 2. The molecule has 1 aliphatic heterocycles. The van der Waals surface area contributed by atoms with E-state index >= 15 is 0 Å². The molecule has 0 amide bonds. The number of thiazole rings is 1. The van der Waals surface area contributed by atoms with Gasteiger partial charge in [0.15, 0.2) is 10.6 Å². The number of aromatic nitrogens is 1. The Bertz CT molecular complexity index is 1170. The Morgan fingerprint density at radius 3 is 2.50 bits per heavy atom. The van der Waals surface area contributed by atoms with Gasteiger partial charge in [0, 0.05) is 23.4 Å². The lowest BCUT2D eigenvalue weighted by molar-refractivity contribution is -0.245. The molecular formula is C25H27N3O4S2. The van der Waals surface area contributed by atoms with Crippen molar-refractivity contribution in [2.45, 2.75) is 35.9 Å². The molecule has 0 saturated carbocycles. The van der Waals surface area contributed by atoms with Crippen molar-refractivity contribution in [3.05, 3.63) is 89.5 Å². The van der Waals surface area contributed by atoms with Crippen molar-refractivity contribution in [2.24, 2.45) is 5.90 Å². The average Bonchev–Trinajstić information content (AvgIpc) is 3.32. The number of nitrogens with zero attached hydrogens (tertiary/aromatic N) is 1. The predicted octanol–water partition coefficient (Wildman–Crippen LogP) is 5.04. The third-order valence-electron chi connectivity index (χ3n) is 5.46. The quantitative estimate of drug-likeness (QED) is 0.166. The SMILES string of the molecule is NO.Nc1cccc(C2OC(CSc3nc4ccccc4s3)CC(c3ccc(CO)cc3)O2)c1. The van der Waals surface area contributed by atoms with Crippen molar-refractivity contribution in [1.82, 2.24) is 4.98 Å². The van der Waals surface area contributed by atoms with Gasteiger partial charge in [-0.05, 0) is 35.4 Å². The van der Waals surface area contributed by atoms with E-state index in [4.69, 9.17) is 25.4 Å². The lowest BCUT2D eigenvalue weighted by Gasteiger charge is -2.36. The second-order valence-electron chi connectivity index (χ2n) is 7.78. The molecule has 1 aliphatic rings. The zero-order valence-electron chi connectivity index (χ0n) is 18.4. The van der Waals surface area contributed by atoms with Crippen molar-refractivity contribution >= 4 is 39.0 Å². The fourth-order valence-corrected chi connectivity index (χ4v) is 5.92. The number of benzene rings is 3. The van der Waals surface area contributed by atoms with Crippen LogP contribution in [0.3, 0.4) is 0 Å². The Morgan fingerprint density at radius 1 is 0.971 bits per heavy atom. The van der Waals surface area contributed by atoms with Crippen molar-refractivity contribution < 1.29 is 19.8 Å². The fraction of sp³-hybridized carbons (Fsp3) is 0.240. The standard InChI is InChI=1S/C25H24N2O3S2.H3NO/c26-19-5-3-4-18(12-19)24-29-20(13-22(30-24)17-10-8-16(14-28)9-11-17)15-31-25-27-21-6-1-2-7-23(21)32-25;1-2/h1-12,20,22,24,28H,13-15,26H2;2H,1H2. The third-order valence-corrected chi connectivity index (χ3v) is 7.78. The lowest BCUT2D eigenvalue weighted by atomic mass is 10.0. The van der Waals surface area contributed by atoms with E-state index < -0.39 is 6.29 Å². The number of fused-ring (bicyclic) bond motifs is 1. The van der Waals surface area contributed by atoms with E-state index in [1.54, 1.807) is 23.1 Å². The topological polar surface area (TPSA) is 124 Å². The van der Waals surface area contributed by atoms with Gasteiger partial charge < -0.3 is 25.5 Å². The summed E-state index contributed by atoms with van der Waals surface area (Å²) in [5, 5.41) is 15.9. The van der Waals surface area contributed by atoms with Gasteiger partial charge in [-0.3, -0.25) is 0 Å². The van der Waals surface area contributed by atoms with E-state index in [2.05, 4.69) is 12.0 Å². The molecule has 9 heteroatoms. The van der Waals surface area contributed by atoms with Crippen LogP contribution in [0, 0.1) is 0 Å². The summed E-state index contributed by atoms with van der Waals surface area (Å²) in [7, 11) is 0. The van der Waals surface area contributed by atoms with E-state index in [0.717, 1.165) is 38.7 Å². The maximum Gasteiger partial charge on any atom is 0.184 e. The van der Waals surface area contributed by atoms with Gasteiger partial charge in [0.2, 0.25) is 0 Å². The van der Waals surface area contributed by atoms with Crippen LogP contribution in [0.2, 0.25) is 0 Å². The van der Waals surface area contributed by atoms with Crippen LogP contribution in [0.1, 0.15) is 35.5 Å². The summed E-state index contributed by atoms with van der Waals surface area (Å²) in [6.45, 7) is 0.0300. The summed E-state index contributed by atoms with van der Waals surface area (Å²) < 4.78 is 15.0. The number of aliphatic hydroxyl groups is 1. The molecule has 2 heterocycles. The molecule has 7 nitrogen and oxygen atoms in total. The van der Waals surface area contributed by atoms with Gasteiger partial charge in [-0.1, -0.05) is 60.3 Å². The Kier molecular flexibility index (Phi) is 8.52. The van der Waals surface area contributed by atoms with Crippen LogP contribution in [0.5, 0.6) is 0 Å². The van der Waals surface area contributed by atoms with Crippen LogP contribution in [-0.2, 0) is 16.1 Å². The zero-order chi connectivity index (χ0) is 23.9. The lowest BCUT2D eigenvalue weighted by Crippen LogP contribution is -2.31. The van der Waals surface area contributed by atoms with Gasteiger partial charge in [0.25, 0.3) is 0 Å². The summed E-state index contributed by atoms with van der Waals surface area (Å²) in [5.74, 6) is 4.28. The number of para-hydroxylation sites is 1. The minimum Gasteiger partial charge on any atom is -0.399 e. The molecule has 3 unspecified atom stereocenters. The summed E-state index contributed by atoms with van der Waals surface area (Å²) in [6, 6.07) is 23.8. The smallest absolute Gasteiger partial charge is 0.184 e. The van der Waals surface area contributed by atoms with Gasteiger partial charge in [-0.2, -0.15) is 0 Å². The molecule has 6 N–H and O–H groups in total. The van der Waals surface area contributed by atoms with Crippen LogP contribution in [0.4, 0.5) is 5.69 Å². The highest BCUT2D eigenvalue weighted by molar-refractivity contribution is 8.01. The maximum absolute atomic E-state index is 9.36. The molecule has 1 saturated heterocycles. The fourth-order valence-electron chi connectivity index (χ4n) is 3.81. The number of thioether (sulfide) groups is 1. The van der Waals surface area contributed by atoms with E-state index in [9.17, 15) is 5.11 Å². The number of hydrogen-bond acceptors (Lipinski definition) is 9. The molecule has 34 heavy (non-hydrogen) atoms. The van der Waals surface area contributed by atoms with Crippen molar-refractivity contribution in [1.29, 1.82) is 0 Å². The Labute approximate surface area is 206 Å². The average molecular weight is 498 g/mol. The second-order valence-corrected chi connectivity index (χ2v) is 10.1. The molecule has 3 atom stereocenters. The Balaban J connectivity index is 0.00000133.